The highest BCUT2D eigenvalue weighted by molar-refractivity contribution is 6.09. The molecule has 2 rings (SSSR count). The van der Waals surface area contributed by atoms with Crippen LogP contribution in [-0.4, -0.2) is 28.9 Å². The topological polar surface area (TPSA) is 69.9 Å². The summed E-state index contributed by atoms with van der Waals surface area (Å²) in [6.45, 7) is 20.2. The van der Waals surface area contributed by atoms with Crippen LogP contribution in [0.5, 0.6) is 0 Å². The Hall–Kier alpha value is -3.80. The number of hydrogen-bond acceptors (Lipinski definition) is 3. The van der Waals surface area contributed by atoms with E-state index < -0.39 is 23.4 Å². The first-order valence-corrected chi connectivity index (χ1v) is 13.2. The molecule has 2 aromatic rings. The van der Waals surface area contributed by atoms with Crippen molar-refractivity contribution >= 4 is 23.3 Å². The largest absolute Gasteiger partial charge is 0.507 e. The minimum absolute atomic E-state index is 0.209. The molecule has 2 N–H and O–H groups in total. The number of allylic oxidation sites excluding steroid dienone is 5. The first kappa shape index (κ1) is 35.2. The van der Waals surface area contributed by atoms with E-state index in [0.29, 0.717) is 23.3 Å². The molecule has 0 radical (unpaired) electrons. The van der Waals surface area contributed by atoms with Crippen molar-refractivity contribution in [1.29, 1.82) is 0 Å². The number of aliphatic hydroxyl groups is 1. The summed E-state index contributed by atoms with van der Waals surface area (Å²) in [4.78, 5) is 15.5. The molecule has 0 aliphatic carbocycles. The molecule has 0 atom stereocenters. The molecule has 0 aliphatic rings. The van der Waals surface area contributed by atoms with Gasteiger partial charge in [-0.3, -0.25) is 4.99 Å². The van der Waals surface area contributed by atoms with E-state index in [-0.39, 0.29) is 22.3 Å². The van der Waals surface area contributed by atoms with Gasteiger partial charge in [0.05, 0.1) is 0 Å². The molecule has 0 saturated carbocycles. The van der Waals surface area contributed by atoms with E-state index in [9.17, 15) is 23.8 Å². The molecule has 0 unspecified atom stereocenters. The lowest BCUT2D eigenvalue weighted by Gasteiger charge is -2.18. The van der Waals surface area contributed by atoms with Gasteiger partial charge in [-0.15, -0.1) is 0 Å². The highest BCUT2D eigenvalue weighted by Crippen LogP contribution is 2.37. The van der Waals surface area contributed by atoms with Gasteiger partial charge in [0.1, 0.15) is 23.0 Å². The third-order valence-electron chi connectivity index (χ3n) is 5.04. The summed E-state index contributed by atoms with van der Waals surface area (Å²) < 4.78 is 29.3. The number of aliphatic imine (C=N–C) groups is 1. The van der Waals surface area contributed by atoms with Crippen molar-refractivity contribution in [3.8, 4) is 0 Å². The number of benzene rings is 2. The van der Waals surface area contributed by atoms with Gasteiger partial charge in [-0.1, -0.05) is 84.5 Å². The average molecular weight is 540 g/mol. The van der Waals surface area contributed by atoms with Crippen LogP contribution in [0, 0.1) is 17.6 Å². The van der Waals surface area contributed by atoms with Gasteiger partial charge in [0.15, 0.2) is 0 Å². The smallest absolute Gasteiger partial charge is 0.341 e. The van der Waals surface area contributed by atoms with Gasteiger partial charge >= 0.3 is 5.97 Å². The van der Waals surface area contributed by atoms with Crippen LogP contribution in [0.2, 0.25) is 0 Å². The zero-order chi connectivity index (χ0) is 30.1. The van der Waals surface area contributed by atoms with E-state index in [2.05, 4.69) is 32.3 Å². The van der Waals surface area contributed by atoms with Crippen molar-refractivity contribution in [3.63, 3.8) is 0 Å². The maximum absolute atomic E-state index is 14.8. The van der Waals surface area contributed by atoms with E-state index in [1.165, 1.54) is 18.2 Å². The summed E-state index contributed by atoms with van der Waals surface area (Å²) in [5, 5.41) is 19.9. The molecule has 0 heterocycles. The summed E-state index contributed by atoms with van der Waals surface area (Å²) in [6, 6.07) is 12.1. The standard InChI is InChI=1S/C27H27F2NO3.C4H10.C2H6/c1-5-14-30-16-22(27(32)33)25(31)15-17(2)18(3)26(21-11-7-9-13-24(21)29)19(4)20-10-6-8-12-23(20)28;1-4(2)3;1-2/h6-13,15-16,31H,4-5,14H2,1-3H3,(H,32,33);4H,1-3H3;1-2H3/b17-15+,25-22-,26-18-,30-16?;;. The van der Waals surface area contributed by atoms with Crippen LogP contribution >= 0.6 is 0 Å². The van der Waals surface area contributed by atoms with Gasteiger partial charge in [0.25, 0.3) is 0 Å². The van der Waals surface area contributed by atoms with E-state index in [1.54, 1.807) is 50.2 Å². The number of aliphatic carboxylic acids is 1. The zero-order valence-electron chi connectivity index (χ0n) is 24.5. The Morgan fingerprint density at radius 2 is 1.41 bits per heavy atom. The predicted octanol–water partition coefficient (Wildman–Crippen LogP) is 9.46. The monoisotopic (exact) mass is 539 g/mol. The lowest BCUT2D eigenvalue weighted by molar-refractivity contribution is -0.132. The second kappa shape index (κ2) is 18.5. The predicted molar refractivity (Wildman–Crippen MR) is 161 cm³/mol. The fraction of sp³-hybridized carbons (Fsp3) is 0.333. The van der Waals surface area contributed by atoms with Crippen LogP contribution in [-0.2, 0) is 4.79 Å². The van der Waals surface area contributed by atoms with Crippen LogP contribution in [0.25, 0.3) is 11.1 Å². The molecule has 4 nitrogen and oxygen atoms in total. The fourth-order valence-electron chi connectivity index (χ4n) is 3.20. The molecule has 0 spiro atoms. The van der Waals surface area contributed by atoms with E-state index in [0.717, 1.165) is 18.6 Å². The number of carboxylic acid groups (broad SMARTS) is 1. The maximum atomic E-state index is 14.8. The summed E-state index contributed by atoms with van der Waals surface area (Å²) in [5.41, 5.74) is 1.60. The van der Waals surface area contributed by atoms with E-state index in [1.807, 2.05) is 20.8 Å². The van der Waals surface area contributed by atoms with Gasteiger partial charge < -0.3 is 10.2 Å². The number of carbonyl (C=O) groups is 1. The summed E-state index contributed by atoms with van der Waals surface area (Å²) in [7, 11) is 0. The molecule has 0 amide bonds. The second-order valence-corrected chi connectivity index (χ2v) is 9.14. The van der Waals surface area contributed by atoms with Gasteiger partial charge in [-0.2, -0.15) is 0 Å². The Labute approximate surface area is 232 Å². The molecule has 0 aliphatic heterocycles. The Bertz CT molecular complexity index is 1220. The normalized spacial score (nSPS) is 12.5. The van der Waals surface area contributed by atoms with Gasteiger partial charge in [0, 0.05) is 23.9 Å². The van der Waals surface area contributed by atoms with Crippen LogP contribution < -0.4 is 0 Å². The molecule has 2 aromatic carbocycles. The molecule has 212 valence electrons. The Morgan fingerprint density at radius 1 is 0.949 bits per heavy atom. The third kappa shape index (κ3) is 11.6. The molecule has 0 fully saturated rings. The van der Waals surface area contributed by atoms with Crippen LogP contribution in [0.3, 0.4) is 0 Å². The van der Waals surface area contributed by atoms with Crippen molar-refractivity contribution < 1.29 is 23.8 Å². The number of aliphatic hydroxyl groups excluding tert-OH is 1. The molecule has 6 heteroatoms. The molecule has 0 bridgehead atoms. The van der Waals surface area contributed by atoms with Crippen molar-refractivity contribution in [2.45, 2.75) is 61.8 Å². The average Bonchev–Trinajstić information content (AvgIpc) is 2.88. The summed E-state index contributed by atoms with van der Waals surface area (Å²) in [6.07, 6.45) is 3.11. The minimum Gasteiger partial charge on any atom is -0.507 e. The SMILES string of the molecule is C=C(/C(=C(C)/C(C)=C/C(O)=C(\C=NCCC)C(=O)O)c1ccccc1F)c1ccccc1F.CC.CC(C)C. The van der Waals surface area contributed by atoms with Crippen molar-refractivity contribution in [2.75, 3.05) is 6.54 Å². The van der Waals surface area contributed by atoms with Crippen molar-refractivity contribution in [2.24, 2.45) is 10.9 Å². The minimum atomic E-state index is -1.33. The van der Waals surface area contributed by atoms with Crippen molar-refractivity contribution in [3.05, 3.63) is 106 Å². The first-order valence-electron chi connectivity index (χ1n) is 13.2. The molecular formula is C33H43F2NO3. The summed E-state index contributed by atoms with van der Waals surface area (Å²) in [5.74, 6) is -2.02. The zero-order valence-corrected chi connectivity index (χ0v) is 24.5. The van der Waals surface area contributed by atoms with E-state index in [4.69, 9.17) is 0 Å². The van der Waals surface area contributed by atoms with Gasteiger partial charge in [-0.25, -0.2) is 13.6 Å². The Kier molecular flexibility index (Phi) is 16.7. The molecule has 39 heavy (non-hydrogen) atoms. The highest BCUT2D eigenvalue weighted by Gasteiger charge is 2.19. The molecular weight excluding hydrogens is 496 g/mol. The van der Waals surface area contributed by atoms with Crippen LogP contribution in [0.4, 0.5) is 8.78 Å². The Balaban J connectivity index is 0.00000220. The highest BCUT2D eigenvalue weighted by atomic mass is 19.1. The maximum Gasteiger partial charge on any atom is 0.341 e. The second-order valence-electron chi connectivity index (χ2n) is 9.14. The number of halogens is 2. The number of carboxylic acids is 1. The number of hydrogen-bond donors (Lipinski definition) is 2. The Morgan fingerprint density at radius 3 is 1.85 bits per heavy atom. The van der Waals surface area contributed by atoms with Crippen molar-refractivity contribution in [1.82, 2.24) is 0 Å². The fourth-order valence-corrected chi connectivity index (χ4v) is 3.20. The molecule has 0 aromatic heterocycles. The summed E-state index contributed by atoms with van der Waals surface area (Å²) >= 11 is 0. The van der Waals surface area contributed by atoms with Crippen LogP contribution in [0.15, 0.2) is 88.7 Å². The lowest BCUT2D eigenvalue weighted by atomic mass is 9.87. The third-order valence-corrected chi connectivity index (χ3v) is 5.04. The van der Waals surface area contributed by atoms with Gasteiger partial charge in [0.2, 0.25) is 0 Å². The quantitative estimate of drug-likeness (QED) is 0.144. The van der Waals surface area contributed by atoms with Gasteiger partial charge in [-0.05, 0) is 66.7 Å². The number of nitrogens with zero attached hydrogens (tertiary/aromatic N) is 1. The number of rotatable bonds is 9. The van der Waals surface area contributed by atoms with Crippen LogP contribution in [0.1, 0.15) is 72.9 Å². The van der Waals surface area contributed by atoms with E-state index >= 15 is 0 Å². The lowest BCUT2D eigenvalue weighted by Crippen LogP contribution is -2.06. The molecule has 0 saturated heterocycles. The first-order chi connectivity index (χ1) is 18.4.